The number of esters is 1. The molecule has 1 aliphatic rings. The molecular formula is C19H17N3O5S. The molecule has 0 saturated heterocycles. The predicted octanol–water partition coefficient (Wildman–Crippen LogP) is 3.22. The van der Waals surface area contributed by atoms with Crippen LogP contribution in [0, 0.1) is 6.92 Å². The fraction of sp³-hybridized carbons (Fsp3) is 0.263. The molecule has 3 heterocycles. The van der Waals surface area contributed by atoms with E-state index in [2.05, 4.69) is 15.5 Å². The third-order valence-electron chi connectivity index (χ3n) is 4.37. The molecule has 0 fully saturated rings. The van der Waals surface area contributed by atoms with Crippen LogP contribution < -0.4 is 5.32 Å². The number of methoxy groups -OCH3 is 1. The smallest absolute Gasteiger partial charge is 0.338 e. The van der Waals surface area contributed by atoms with Crippen molar-refractivity contribution in [2.75, 3.05) is 19.0 Å². The number of carbonyl (C=O) groups is 2. The molecule has 4 rings (SSSR count). The Bertz CT molecular complexity index is 1060. The zero-order valence-electron chi connectivity index (χ0n) is 15.3. The molecule has 0 atom stereocenters. The lowest BCUT2D eigenvalue weighted by Gasteiger charge is -2.12. The first-order valence-electron chi connectivity index (χ1n) is 8.60. The average molecular weight is 399 g/mol. The number of ether oxygens (including phenoxy) is 2. The van der Waals surface area contributed by atoms with E-state index in [-0.39, 0.29) is 11.1 Å². The Kier molecular flexibility index (Phi) is 4.93. The summed E-state index contributed by atoms with van der Waals surface area (Å²) < 4.78 is 15.7. The van der Waals surface area contributed by atoms with Gasteiger partial charge >= 0.3 is 5.97 Å². The molecule has 1 aliphatic heterocycles. The van der Waals surface area contributed by atoms with Gasteiger partial charge in [-0.2, -0.15) is 4.98 Å². The van der Waals surface area contributed by atoms with Crippen LogP contribution in [0.5, 0.6) is 0 Å². The van der Waals surface area contributed by atoms with Gasteiger partial charge in [0, 0.05) is 4.88 Å². The van der Waals surface area contributed by atoms with Crippen molar-refractivity contribution in [3.63, 3.8) is 0 Å². The van der Waals surface area contributed by atoms with Crippen LogP contribution in [0.3, 0.4) is 0 Å². The third kappa shape index (κ3) is 3.30. The molecule has 0 spiro atoms. The van der Waals surface area contributed by atoms with Crippen LogP contribution in [0.25, 0.3) is 11.5 Å². The molecular weight excluding hydrogens is 382 g/mol. The Morgan fingerprint density at radius 1 is 1.25 bits per heavy atom. The number of nitrogens with one attached hydrogen (secondary N) is 1. The van der Waals surface area contributed by atoms with Crippen LogP contribution >= 0.6 is 11.3 Å². The quantitative estimate of drug-likeness (QED) is 0.672. The van der Waals surface area contributed by atoms with Gasteiger partial charge in [-0.3, -0.25) is 4.79 Å². The van der Waals surface area contributed by atoms with Crippen molar-refractivity contribution in [3.05, 3.63) is 51.7 Å². The SMILES string of the molecule is COC(=O)c1ccccc1C(=O)Nc1sc2c(c1-c1nc(C)no1)CCOC2. The Morgan fingerprint density at radius 3 is 2.75 bits per heavy atom. The summed E-state index contributed by atoms with van der Waals surface area (Å²) in [7, 11) is 1.28. The average Bonchev–Trinajstić information content (AvgIpc) is 3.29. The van der Waals surface area contributed by atoms with E-state index in [0.717, 1.165) is 10.4 Å². The van der Waals surface area contributed by atoms with Gasteiger partial charge in [-0.05, 0) is 31.0 Å². The minimum Gasteiger partial charge on any atom is -0.465 e. The van der Waals surface area contributed by atoms with E-state index in [9.17, 15) is 9.59 Å². The lowest BCUT2D eigenvalue weighted by Crippen LogP contribution is -2.17. The number of rotatable bonds is 4. The maximum atomic E-state index is 12.9. The van der Waals surface area contributed by atoms with E-state index in [1.54, 1.807) is 31.2 Å². The first kappa shape index (κ1) is 18.3. The van der Waals surface area contributed by atoms with Crippen molar-refractivity contribution in [1.29, 1.82) is 0 Å². The van der Waals surface area contributed by atoms with Crippen LogP contribution in [0.4, 0.5) is 5.00 Å². The van der Waals surface area contributed by atoms with Gasteiger partial charge in [0.2, 0.25) is 0 Å². The fourth-order valence-corrected chi connectivity index (χ4v) is 4.26. The fourth-order valence-electron chi connectivity index (χ4n) is 3.08. The molecule has 2 aromatic heterocycles. The number of aryl methyl sites for hydroxylation is 1. The summed E-state index contributed by atoms with van der Waals surface area (Å²) in [6.45, 7) is 2.79. The molecule has 1 amide bonds. The molecule has 8 nitrogen and oxygen atoms in total. The van der Waals surface area contributed by atoms with E-state index in [1.807, 2.05) is 0 Å². The molecule has 0 aliphatic carbocycles. The second kappa shape index (κ2) is 7.53. The molecule has 1 aromatic carbocycles. The van der Waals surface area contributed by atoms with Gasteiger partial charge < -0.3 is 19.3 Å². The summed E-state index contributed by atoms with van der Waals surface area (Å²) in [6.07, 6.45) is 0.692. The van der Waals surface area contributed by atoms with Crippen molar-refractivity contribution < 1.29 is 23.6 Å². The Labute approximate surface area is 164 Å². The van der Waals surface area contributed by atoms with Crippen molar-refractivity contribution >= 4 is 28.2 Å². The number of fused-ring (bicyclic) bond motifs is 1. The zero-order chi connectivity index (χ0) is 19.7. The number of nitrogens with zero attached hydrogens (tertiary/aromatic N) is 2. The van der Waals surface area contributed by atoms with Crippen LogP contribution in [0.2, 0.25) is 0 Å². The highest BCUT2D eigenvalue weighted by atomic mass is 32.1. The molecule has 1 N–H and O–H groups in total. The van der Waals surface area contributed by atoms with Crippen molar-refractivity contribution in [1.82, 2.24) is 10.1 Å². The summed E-state index contributed by atoms with van der Waals surface area (Å²) >= 11 is 1.41. The van der Waals surface area contributed by atoms with Crippen LogP contribution in [-0.2, 0) is 22.5 Å². The summed E-state index contributed by atoms with van der Waals surface area (Å²) in [6, 6.07) is 6.50. The molecule has 9 heteroatoms. The van der Waals surface area contributed by atoms with Crippen LogP contribution in [0.15, 0.2) is 28.8 Å². The number of aromatic nitrogens is 2. The number of anilines is 1. The highest BCUT2D eigenvalue weighted by molar-refractivity contribution is 7.17. The predicted molar refractivity (Wildman–Crippen MR) is 101 cm³/mol. The number of carbonyl (C=O) groups excluding carboxylic acids is 2. The number of amides is 1. The summed E-state index contributed by atoms with van der Waals surface area (Å²) in [5.74, 6) is -0.126. The van der Waals surface area contributed by atoms with Crippen LogP contribution in [-0.4, -0.2) is 35.7 Å². The van der Waals surface area contributed by atoms with Crippen molar-refractivity contribution in [3.8, 4) is 11.5 Å². The number of hydrogen-bond acceptors (Lipinski definition) is 8. The standard InChI is InChI=1S/C19H17N3O5S/c1-10-20-17(27-22-10)15-13-7-8-26-9-14(13)28-18(15)21-16(23)11-5-3-4-6-12(11)19(24)25-2/h3-6H,7-9H2,1-2H3,(H,21,23). The Morgan fingerprint density at radius 2 is 2.04 bits per heavy atom. The lowest BCUT2D eigenvalue weighted by atomic mass is 10.0. The topological polar surface area (TPSA) is 104 Å². The highest BCUT2D eigenvalue weighted by Crippen LogP contribution is 2.42. The second-order valence-electron chi connectivity index (χ2n) is 6.15. The number of hydrogen-bond donors (Lipinski definition) is 1. The first-order valence-corrected chi connectivity index (χ1v) is 9.41. The van der Waals surface area contributed by atoms with E-state index in [0.29, 0.717) is 41.9 Å². The van der Waals surface area contributed by atoms with E-state index >= 15 is 0 Å². The van der Waals surface area contributed by atoms with E-state index in [1.165, 1.54) is 18.4 Å². The molecule has 28 heavy (non-hydrogen) atoms. The first-order chi connectivity index (χ1) is 13.6. The van der Waals surface area contributed by atoms with Gasteiger partial charge in [0.05, 0.1) is 37.0 Å². The normalized spacial score (nSPS) is 13.1. The van der Waals surface area contributed by atoms with Gasteiger partial charge in [0.15, 0.2) is 5.82 Å². The van der Waals surface area contributed by atoms with Gasteiger partial charge in [0.25, 0.3) is 11.8 Å². The molecule has 0 unspecified atom stereocenters. The van der Waals surface area contributed by atoms with E-state index in [4.69, 9.17) is 14.0 Å². The number of thiophene rings is 1. The molecule has 144 valence electrons. The summed E-state index contributed by atoms with van der Waals surface area (Å²) in [4.78, 5) is 30.3. The second-order valence-corrected chi connectivity index (χ2v) is 7.25. The molecule has 3 aromatic rings. The summed E-state index contributed by atoms with van der Waals surface area (Å²) in [5, 5.41) is 7.35. The lowest BCUT2D eigenvalue weighted by molar-refractivity contribution is 0.0597. The Balaban J connectivity index is 1.74. The zero-order valence-corrected chi connectivity index (χ0v) is 16.1. The van der Waals surface area contributed by atoms with E-state index < -0.39 is 11.9 Å². The monoisotopic (exact) mass is 399 g/mol. The largest absolute Gasteiger partial charge is 0.465 e. The minimum absolute atomic E-state index is 0.197. The van der Waals surface area contributed by atoms with Crippen LogP contribution in [0.1, 0.15) is 37.0 Å². The number of benzene rings is 1. The highest BCUT2D eigenvalue weighted by Gasteiger charge is 2.27. The van der Waals surface area contributed by atoms with Crippen molar-refractivity contribution in [2.24, 2.45) is 0 Å². The van der Waals surface area contributed by atoms with Crippen molar-refractivity contribution in [2.45, 2.75) is 20.0 Å². The maximum Gasteiger partial charge on any atom is 0.338 e. The minimum atomic E-state index is -0.572. The van der Waals surface area contributed by atoms with Gasteiger partial charge in [0.1, 0.15) is 5.00 Å². The molecule has 0 saturated carbocycles. The maximum absolute atomic E-state index is 12.9. The summed E-state index contributed by atoms with van der Waals surface area (Å²) in [5.41, 5.74) is 2.18. The van der Waals surface area contributed by atoms with Gasteiger partial charge in [-0.15, -0.1) is 11.3 Å². The third-order valence-corrected chi connectivity index (χ3v) is 5.49. The Hall–Kier alpha value is -3.04. The van der Waals surface area contributed by atoms with Gasteiger partial charge in [-0.1, -0.05) is 17.3 Å². The molecule has 0 bridgehead atoms. The van der Waals surface area contributed by atoms with Gasteiger partial charge in [-0.25, -0.2) is 4.79 Å². The molecule has 0 radical (unpaired) electrons.